The number of carbonyl (C=O) groups is 2. The third-order valence-electron chi connectivity index (χ3n) is 3.81. The maximum Gasteiger partial charge on any atom is 0.262 e. The molecule has 2 amide bonds. The number of carbonyl (C=O) groups excluding carboxylic acids is 2. The molecule has 1 atom stereocenters. The van der Waals surface area contributed by atoms with Crippen LogP contribution in [0.5, 0.6) is 5.75 Å². The molecular weight excluding hydrogens is 370 g/mol. The quantitative estimate of drug-likeness (QED) is 0.673. The van der Waals surface area contributed by atoms with Crippen molar-refractivity contribution in [1.29, 1.82) is 0 Å². The highest BCUT2D eigenvalue weighted by molar-refractivity contribution is 7.22. The predicted molar refractivity (Wildman–Crippen MR) is 105 cm³/mol. The normalized spacial score (nSPS) is 12.2. The standard InChI is InChI=1S/C18H19N3O3S2/c1-10(2)14(19-16(22)13-8-5-9-25-13)17(23)21-18-20-15-11(24-3)6-4-7-12(15)26-18/h4-10,14H,1-3H3,(H,19,22)(H,20,21,23)/t14-/m0/s1. The molecule has 3 rings (SSSR count). The number of thiazole rings is 1. The molecule has 26 heavy (non-hydrogen) atoms. The van der Waals surface area contributed by atoms with E-state index in [1.54, 1.807) is 19.2 Å². The molecule has 0 spiro atoms. The molecule has 3 aromatic rings. The number of hydrogen-bond donors (Lipinski definition) is 2. The van der Waals surface area contributed by atoms with Gasteiger partial charge in [0.2, 0.25) is 5.91 Å². The molecule has 0 radical (unpaired) electrons. The molecule has 2 aromatic heterocycles. The van der Waals surface area contributed by atoms with Gasteiger partial charge in [-0.2, -0.15) is 0 Å². The van der Waals surface area contributed by atoms with E-state index in [2.05, 4.69) is 15.6 Å². The Morgan fingerprint density at radius 3 is 2.65 bits per heavy atom. The summed E-state index contributed by atoms with van der Waals surface area (Å²) in [5.74, 6) is 0.0521. The third-order valence-corrected chi connectivity index (χ3v) is 5.62. The van der Waals surface area contributed by atoms with E-state index < -0.39 is 6.04 Å². The first-order chi connectivity index (χ1) is 12.5. The van der Waals surface area contributed by atoms with E-state index >= 15 is 0 Å². The van der Waals surface area contributed by atoms with Crippen molar-refractivity contribution >= 4 is 49.8 Å². The Labute approximate surface area is 159 Å². The summed E-state index contributed by atoms with van der Waals surface area (Å²) >= 11 is 2.71. The summed E-state index contributed by atoms with van der Waals surface area (Å²) in [6, 6.07) is 8.50. The number of nitrogens with zero attached hydrogens (tertiary/aromatic N) is 1. The van der Waals surface area contributed by atoms with E-state index in [9.17, 15) is 9.59 Å². The summed E-state index contributed by atoms with van der Waals surface area (Å²) in [5.41, 5.74) is 0.707. The van der Waals surface area contributed by atoms with Crippen LogP contribution in [0.2, 0.25) is 0 Å². The first kappa shape index (κ1) is 18.3. The van der Waals surface area contributed by atoms with Crippen molar-refractivity contribution in [3.05, 3.63) is 40.6 Å². The number of hydrogen-bond acceptors (Lipinski definition) is 6. The van der Waals surface area contributed by atoms with E-state index in [1.807, 2.05) is 37.4 Å². The number of aromatic nitrogens is 1. The Kier molecular flexibility index (Phi) is 5.53. The lowest BCUT2D eigenvalue weighted by Gasteiger charge is -2.20. The van der Waals surface area contributed by atoms with Gasteiger partial charge >= 0.3 is 0 Å². The van der Waals surface area contributed by atoms with Gasteiger partial charge in [0, 0.05) is 0 Å². The van der Waals surface area contributed by atoms with Crippen molar-refractivity contribution in [2.75, 3.05) is 12.4 Å². The minimum atomic E-state index is -0.654. The predicted octanol–water partition coefficient (Wildman–Crippen LogP) is 3.76. The minimum absolute atomic E-state index is 0.0668. The number of thiophene rings is 1. The molecular formula is C18H19N3O3S2. The van der Waals surface area contributed by atoms with Crippen LogP contribution in [0.25, 0.3) is 10.2 Å². The smallest absolute Gasteiger partial charge is 0.262 e. The Hall–Kier alpha value is -2.45. The highest BCUT2D eigenvalue weighted by Gasteiger charge is 2.26. The average molecular weight is 390 g/mol. The molecule has 0 bridgehead atoms. The van der Waals surface area contributed by atoms with Crippen LogP contribution in [-0.4, -0.2) is 29.9 Å². The van der Waals surface area contributed by atoms with E-state index in [0.717, 1.165) is 4.70 Å². The van der Waals surface area contributed by atoms with Crippen LogP contribution >= 0.6 is 22.7 Å². The number of amides is 2. The molecule has 0 saturated carbocycles. The van der Waals surface area contributed by atoms with E-state index in [1.165, 1.54) is 22.7 Å². The Bertz CT molecular complexity index is 919. The zero-order valence-electron chi connectivity index (χ0n) is 14.6. The minimum Gasteiger partial charge on any atom is -0.494 e. The number of benzene rings is 1. The van der Waals surface area contributed by atoms with Gasteiger partial charge in [0.05, 0.1) is 16.7 Å². The highest BCUT2D eigenvalue weighted by Crippen LogP contribution is 2.32. The number of nitrogens with one attached hydrogen (secondary N) is 2. The fourth-order valence-electron chi connectivity index (χ4n) is 2.48. The van der Waals surface area contributed by atoms with Gasteiger partial charge in [0.15, 0.2) is 5.13 Å². The van der Waals surface area contributed by atoms with Crippen LogP contribution in [0.4, 0.5) is 5.13 Å². The van der Waals surface area contributed by atoms with Gasteiger partial charge in [-0.1, -0.05) is 37.3 Å². The third kappa shape index (κ3) is 3.86. The SMILES string of the molecule is COc1cccc2sc(NC(=O)[C@@H](NC(=O)c3cccs3)C(C)C)nc12. The zero-order valence-corrected chi connectivity index (χ0v) is 16.2. The number of ether oxygens (including phenoxy) is 1. The fraction of sp³-hybridized carbons (Fsp3) is 0.278. The first-order valence-corrected chi connectivity index (χ1v) is 9.78. The maximum atomic E-state index is 12.7. The second kappa shape index (κ2) is 7.84. The van der Waals surface area contributed by atoms with Crippen molar-refractivity contribution in [2.45, 2.75) is 19.9 Å². The molecule has 0 aliphatic carbocycles. The topological polar surface area (TPSA) is 80.3 Å². The van der Waals surface area contributed by atoms with Gasteiger partial charge in [-0.25, -0.2) is 4.98 Å². The molecule has 6 nitrogen and oxygen atoms in total. The fourth-order valence-corrected chi connectivity index (χ4v) is 3.99. The van der Waals surface area contributed by atoms with Crippen molar-refractivity contribution in [1.82, 2.24) is 10.3 Å². The van der Waals surface area contributed by atoms with Crippen molar-refractivity contribution in [3.63, 3.8) is 0 Å². The summed E-state index contributed by atoms with van der Waals surface area (Å²) in [5, 5.41) is 7.93. The van der Waals surface area contributed by atoms with E-state index in [-0.39, 0.29) is 17.7 Å². The lowest BCUT2D eigenvalue weighted by Crippen LogP contribution is -2.46. The van der Waals surface area contributed by atoms with Crippen LogP contribution in [0.15, 0.2) is 35.7 Å². The highest BCUT2D eigenvalue weighted by atomic mass is 32.1. The zero-order chi connectivity index (χ0) is 18.7. The van der Waals surface area contributed by atoms with Crippen LogP contribution in [0.1, 0.15) is 23.5 Å². The first-order valence-electron chi connectivity index (χ1n) is 8.08. The number of methoxy groups -OCH3 is 1. The second-order valence-corrected chi connectivity index (χ2v) is 7.97. The molecule has 8 heteroatoms. The summed E-state index contributed by atoms with van der Waals surface area (Å²) in [6.45, 7) is 3.78. The number of fused-ring (bicyclic) bond motifs is 1. The maximum absolute atomic E-state index is 12.7. The van der Waals surface area contributed by atoms with Crippen LogP contribution < -0.4 is 15.4 Å². The molecule has 2 heterocycles. The second-order valence-electron chi connectivity index (χ2n) is 5.99. The molecule has 136 valence electrons. The van der Waals surface area contributed by atoms with E-state index in [4.69, 9.17) is 4.74 Å². The molecule has 0 unspecified atom stereocenters. The molecule has 0 fully saturated rings. The lowest BCUT2D eigenvalue weighted by atomic mass is 10.0. The van der Waals surface area contributed by atoms with Crippen LogP contribution in [0, 0.1) is 5.92 Å². The summed E-state index contributed by atoms with van der Waals surface area (Å²) in [6.07, 6.45) is 0. The summed E-state index contributed by atoms with van der Waals surface area (Å²) in [7, 11) is 1.58. The summed E-state index contributed by atoms with van der Waals surface area (Å²) < 4.78 is 6.22. The lowest BCUT2D eigenvalue weighted by molar-refractivity contribution is -0.118. The van der Waals surface area contributed by atoms with Gasteiger partial charge in [-0.15, -0.1) is 11.3 Å². The van der Waals surface area contributed by atoms with Crippen molar-refractivity contribution in [3.8, 4) is 5.75 Å². The van der Waals surface area contributed by atoms with Gasteiger partial charge in [0.25, 0.3) is 5.91 Å². The Balaban J connectivity index is 1.77. The van der Waals surface area contributed by atoms with Gasteiger partial charge < -0.3 is 15.4 Å². The van der Waals surface area contributed by atoms with Crippen LogP contribution in [0.3, 0.4) is 0 Å². The van der Waals surface area contributed by atoms with Crippen molar-refractivity contribution < 1.29 is 14.3 Å². The number of para-hydroxylation sites is 1. The molecule has 0 aliphatic heterocycles. The van der Waals surface area contributed by atoms with Gasteiger partial charge in [-0.3, -0.25) is 9.59 Å². The van der Waals surface area contributed by atoms with E-state index in [0.29, 0.717) is 21.3 Å². The summed E-state index contributed by atoms with van der Waals surface area (Å²) in [4.78, 5) is 30.0. The van der Waals surface area contributed by atoms with Crippen LogP contribution in [-0.2, 0) is 4.79 Å². The number of anilines is 1. The van der Waals surface area contributed by atoms with Crippen molar-refractivity contribution in [2.24, 2.45) is 5.92 Å². The molecule has 2 N–H and O–H groups in total. The Morgan fingerprint density at radius 2 is 2.00 bits per heavy atom. The van der Waals surface area contributed by atoms with Gasteiger partial charge in [-0.05, 0) is 29.5 Å². The Morgan fingerprint density at radius 1 is 1.19 bits per heavy atom. The molecule has 1 aromatic carbocycles. The molecule has 0 saturated heterocycles. The number of rotatable bonds is 6. The largest absolute Gasteiger partial charge is 0.494 e. The molecule has 0 aliphatic rings. The van der Waals surface area contributed by atoms with Gasteiger partial charge in [0.1, 0.15) is 17.3 Å². The monoisotopic (exact) mass is 389 g/mol. The average Bonchev–Trinajstić information content (AvgIpc) is 3.27.